The summed E-state index contributed by atoms with van der Waals surface area (Å²) >= 11 is 0. The van der Waals surface area contributed by atoms with Crippen molar-refractivity contribution >= 4 is 11.9 Å². The van der Waals surface area contributed by atoms with Crippen molar-refractivity contribution < 1.29 is 13.9 Å². The molecule has 0 bridgehead atoms. The lowest BCUT2D eigenvalue weighted by molar-refractivity contribution is -0.123. The Hall–Kier alpha value is -2.61. The number of hydrogen-bond acceptors (Lipinski definition) is 6. The molecule has 26 heavy (non-hydrogen) atoms. The number of halogens is 1. The summed E-state index contributed by atoms with van der Waals surface area (Å²) in [4.78, 5) is 26.7. The van der Waals surface area contributed by atoms with Crippen LogP contribution in [0, 0.1) is 17.2 Å². The summed E-state index contributed by atoms with van der Waals surface area (Å²) in [6.07, 6.45) is 6.16. The molecule has 2 saturated heterocycles. The van der Waals surface area contributed by atoms with Gasteiger partial charge in [-0.3, -0.25) is 9.78 Å². The van der Waals surface area contributed by atoms with Gasteiger partial charge in [-0.15, -0.1) is 0 Å². The molecule has 7 nitrogen and oxygen atoms in total. The number of amides is 1. The average Bonchev–Trinajstić information content (AvgIpc) is 3.18. The predicted octanol–water partition coefficient (Wildman–Crippen LogP) is 1.17. The van der Waals surface area contributed by atoms with Crippen molar-refractivity contribution in [2.45, 2.75) is 13.0 Å². The Bertz CT molecular complexity index is 773. The maximum Gasteiger partial charge on any atom is 0.225 e. The van der Waals surface area contributed by atoms with Gasteiger partial charge in [0.15, 0.2) is 5.82 Å². The highest BCUT2D eigenvalue weighted by molar-refractivity contribution is 5.77. The van der Waals surface area contributed by atoms with E-state index in [9.17, 15) is 9.18 Å². The van der Waals surface area contributed by atoms with Gasteiger partial charge in [-0.2, -0.15) is 0 Å². The van der Waals surface area contributed by atoms with Crippen LogP contribution in [0.5, 0.6) is 0 Å². The first kappa shape index (κ1) is 16.8. The first-order valence-corrected chi connectivity index (χ1v) is 8.60. The lowest BCUT2D eigenvalue weighted by Crippen LogP contribution is -2.37. The Labute approximate surface area is 150 Å². The number of aromatic nitrogens is 3. The predicted molar refractivity (Wildman–Crippen MR) is 91.6 cm³/mol. The second kappa shape index (κ2) is 6.95. The van der Waals surface area contributed by atoms with Gasteiger partial charge in [0.2, 0.25) is 11.9 Å². The SMILES string of the molecule is O=C(C[C@@]12COC[C@@H]1CN(c1ncc(F)cn1)C2)NCc1cccnc1. The van der Waals surface area contributed by atoms with Gasteiger partial charge in [-0.05, 0) is 11.6 Å². The zero-order valence-electron chi connectivity index (χ0n) is 14.3. The average molecular weight is 357 g/mol. The molecule has 0 aliphatic carbocycles. The van der Waals surface area contributed by atoms with E-state index in [1.165, 1.54) is 12.4 Å². The second-order valence-corrected chi connectivity index (χ2v) is 6.97. The number of nitrogens with one attached hydrogen (secondary N) is 1. The third kappa shape index (κ3) is 3.37. The number of carbonyl (C=O) groups excluding carboxylic acids is 1. The molecule has 2 aliphatic rings. The molecule has 2 atom stereocenters. The van der Waals surface area contributed by atoms with Gasteiger partial charge in [0, 0.05) is 49.8 Å². The molecule has 2 aromatic heterocycles. The molecule has 0 saturated carbocycles. The van der Waals surface area contributed by atoms with E-state index in [0.717, 1.165) is 5.56 Å². The minimum absolute atomic E-state index is 0.00812. The number of nitrogens with zero attached hydrogens (tertiary/aromatic N) is 4. The molecular formula is C18H20FN5O2. The van der Waals surface area contributed by atoms with E-state index in [1.54, 1.807) is 12.4 Å². The quantitative estimate of drug-likeness (QED) is 0.865. The highest BCUT2D eigenvalue weighted by Crippen LogP contribution is 2.44. The molecule has 0 aromatic carbocycles. The van der Waals surface area contributed by atoms with Gasteiger partial charge < -0.3 is 15.0 Å². The van der Waals surface area contributed by atoms with Crippen molar-refractivity contribution in [3.63, 3.8) is 0 Å². The van der Waals surface area contributed by atoms with Crippen LogP contribution in [-0.4, -0.2) is 47.2 Å². The van der Waals surface area contributed by atoms with Crippen LogP contribution in [-0.2, 0) is 16.1 Å². The zero-order valence-corrected chi connectivity index (χ0v) is 14.3. The smallest absolute Gasteiger partial charge is 0.225 e. The zero-order chi connectivity index (χ0) is 18.0. The van der Waals surface area contributed by atoms with Crippen LogP contribution in [0.15, 0.2) is 36.9 Å². The maximum atomic E-state index is 13.1. The summed E-state index contributed by atoms with van der Waals surface area (Å²) in [5.41, 5.74) is 0.710. The minimum Gasteiger partial charge on any atom is -0.380 e. The lowest BCUT2D eigenvalue weighted by atomic mass is 9.78. The topological polar surface area (TPSA) is 80.2 Å². The molecule has 2 aliphatic heterocycles. The molecule has 0 radical (unpaired) electrons. The Morgan fingerprint density at radius 2 is 2.23 bits per heavy atom. The summed E-state index contributed by atoms with van der Waals surface area (Å²) < 4.78 is 18.7. The Balaban J connectivity index is 1.41. The first-order valence-electron chi connectivity index (χ1n) is 8.60. The van der Waals surface area contributed by atoms with Gasteiger partial charge >= 0.3 is 0 Å². The number of rotatable bonds is 5. The lowest BCUT2D eigenvalue weighted by Gasteiger charge is -2.26. The molecule has 1 N–H and O–H groups in total. The summed E-state index contributed by atoms with van der Waals surface area (Å²) in [6.45, 7) is 2.95. The highest BCUT2D eigenvalue weighted by Gasteiger charge is 2.52. The van der Waals surface area contributed by atoms with E-state index in [4.69, 9.17) is 4.74 Å². The van der Waals surface area contributed by atoms with E-state index >= 15 is 0 Å². The van der Waals surface area contributed by atoms with Gasteiger partial charge in [0.25, 0.3) is 0 Å². The normalized spacial score (nSPS) is 24.5. The van der Waals surface area contributed by atoms with Crippen LogP contribution in [0.4, 0.5) is 10.3 Å². The fourth-order valence-corrected chi connectivity index (χ4v) is 3.79. The summed E-state index contributed by atoms with van der Waals surface area (Å²) in [5.74, 6) is 0.267. The van der Waals surface area contributed by atoms with Gasteiger partial charge in [0.1, 0.15) is 0 Å². The molecule has 4 rings (SSSR count). The van der Waals surface area contributed by atoms with E-state index in [2.05, 4.69) is 20.3 Å². The number of hydrogen-bond donors (Lipinski definition) is 1. The number of pyridine rings is 1. The summed E-state index contributed by atoms with van der Waals surface area (Å²) in [6, 6.07) is 3.77. The highest BCUT2D eigenvalue weighted by atomic mass is 19.1. The van der Waals surface area contributed by atoms with E-state index in [1.807, 2.05) is 17.0 Å². The van der Waals surface area contributed by atoms with Crippen LogP contribution >= 0.6 is 0 Å². The summed E-state index contributed by atoms with van der Waals surface area (Å²) in [7, 11) is 0. The number of fused-ring (bicyclic) bond motifs is 1. The Morgan fingerprint density at radius 1 is 1.38 bits per heavy atom. The largest absolute Gasteiger partial charge is 0.380 e. The molecule has 136 valence electrons. The standard InChI is InChI=1S/C18H20FN5O2/c19-15-7-22-17(23-8-15)24-9-14-10-26-12-18(14,11-24)4-16(25)21-6-13-2-1-3-20-5-13/h1-3,5,7-8,14H,4,6,9-12H2,(H,21,25)/t14-,18+/m0/s1. The monoisotopic (exact) mass is 357 g/mol. The number of carbonyl (C=O) groups is 1. The molecule has 0 unspecified atom stereocenters. The fraction of sp³-hybridized carbons (Fsp3) is 0.444. The van der Waals surface area contributed by atoms with Crippen molar-refractivity contribution in [2.75, 3.05) is 31.2 Å². The van der Waals surface area contributed by atoms with Crippen LogP contribution in [0.1, 0.15) is 12.0 Å². The van der Waals surface area contributed by atoms with Crippen molar-refractivity contribution in [2.24, 2.45) is 11.3 Å². The van der Waals surface area contributed by atoms with Crippen molar-refractivity contribution in [3.8, 4) is 0 Å². The molecule has 0 spiro atoms. The summed E-state index contributed by atoms with van der Waals surface area (Å²) in [5, 5.41) is 2.96. The van der Waals surface area contributed by atoms with Crippen molar-refractivity contribution in [3.05, 3.63) is 48.3 Å². The first-order chi connectivity index (χ1) is 12.6. The van der Waals surface area contributed by atoms with Crippen LogP contribution in [0.2, 0.25) is 0 Å². The Kier molecular flexibility index (Phi) is 4.50. The molecule has 1 amide bonds. The van der Waals surface area contributed by atoms with Crippen molar-refractivity contribution in [1.82, 2.24) is 20.3 Å². The van der Waals surface area contributed by atoms with Gasteiger partial charge in [-0.25, -0.2) is 14.4 Å². The minimum atomic E-state index is -0.457. The van der Waals surface area contributed by atoms with Gasteiger partial charge in [0.05, 0.1) is 25.6 Å². The third-order valence-electron chi connectivity index (χ3n) is 5.14. The van der Waals surface area contributed by atoms with E-state index in [0.29, 0.717) is 45.2 Å². The van der Waals surface area contributed by atoms with E-state index < -0.39 is 5.82 Å². The Morgan fingerprint density at radius 3 is 3.00 bits per heavy atom. The molecule has 8 heteroatoms. The molecule has 2 aromatic rings. The van der Waals surface area contributed by atoms with Crippen LogP contribution in [0.25, 0.3) is 0 Å². The third-order valence-corrected chi connectivity index (χ3v) is 5.14. The fourth-order valence-electron chi connectivity index (χ4n) is 3.79. The van der Waals surface area contributed by atoms with Crippen LogP contribution < -0.4 is 10.2 Å². The van der Waals surface area contributed by atoms with Gasteiger partial charge in [-0.1, -0.05) is 6.07 Å². The van der Waals surface area contributed by atoms with Crippen LogP contribution in [0.3, 0.4) is 0 Å². The molecule has 2 fully saturated rings. The second-order valence-electron chi connectivity index (χ2n) is 6.97. The number of ether oxygens (including phenoxy) is 1. The maximum absolute atomic E-state index is 13.1. The van der Waals surface area contributed by atoms with Crippen molar-refractivity contribution in [1.29, 1.82) is 0 Å². The molecule has 4 heterocycles. The van der Waals surface area contributed by atoms with E-state index in [-0.39, 0.29) is 17.2 Å². The molecular weight excluding hydrogens is 337 g/mol. The number of anilines is 1.